The highest BCUT2D eigenvalue weighted by atomic mass is 16.2. The minimum Gasteiger partial charge on any atom is -0.359 e. The lowest BCUT2D eigenvalue weighted by molar-refractivity contribution is -0.128. The number of hydrogen-bond acceptors (Lipinski definition) is 4. The molecule has 0 fully saturated rings. The Hall–Kier alpha value is -2.12. The number of nitrogens with one attached hydrogen (secondary N) is 3. The van der Waals surface area contributed by atoms with E-state index in [2.05, 4.69) is 44.9 Å². The Morgan fingerprint density at radius 3 is 2.76 bits per heavy atom. The highest BCUT2D eigenvalue weighted by molar-refractivity contribution is 5.84. The Morgan fingerprint density at radius 1 is 1.44 bits per heavy atom. The van der Waals surface area contributed by atoms with Crippen LogP contribution < -0.4 is 16.0 Å². The Morgan fingerprint density at radius 2 is 2.16 bits per heavy atom. The number of fused-ring (bicyclic) bond motifs is 1. The Labute approximate surface area is 149 Å². The van der Waals surface area contributed by atoms with E-state index in [0.717, 1.165) is 31.0 Å². The molecule has 1 aromatic heterocycles. The first-order valence-corrected chi connectivity index (χ1v) is 8.89. The second-order valence-electron chi connectivity index (χ2n) is 7.49. The molecule has 8 heteroatoms. The molecular formula is C17H31N7O. The number of aryl methyl sites for hydroxylation is 1. The van der Waals surface area contributed by atoms with E-state index in [0.29, 0.717) is 18.4 Å². The maximum Gasteiger partial charge on any atom is 0.227 e. The van der Waals surface area contributed by atoms with Crippen molar-refractivity contribution >= 4 is 11.9 Å². The third-order valence-corrected chi connectivity index (χ3v) is 4.49. The van der Waals surface area contributed by atoms with Gasteiger partial charge in [-0.05, 0) is 20.3 Å². The highest BCUT2D eigenvalue weighted by Crippen LogP contribution is 2.17. The zero-order valence-electron chi connectivity index (χ0n) is 16.2. The van der Waals surface area contributed by atoms with Gasteiger partial charge < -0.3 is 16.0 Å². The van der Waals surface area contributed by atoms with Gasteiger partial charge in [-0.15, -0.1) is 0 Å². The molecule has 1 unspecified atom stereocenters. The summed E-state index contributed by atoms with van der Waals surface area (Å²) in [6.07, 6.45) is 1.88. The van der Waals surface area contributed by atoms with E-state index in [-0.39, 0.29) is 11.9 Å². The van der Waals surface area contributed by atoms with Crippen LogP contribution in [0.3, 0.4) is 0 Å². The van der Waals surface area contributed by atoms with Crippen LogP contribution in [0.2, 0.25) is 0 Å². The lowest BCUT2D eigenvalue weighted by Crippen LogP contribution is -2.51. The Balaban J connectivity index is 1.93. The molecule has 0 aromatic carbocycles. The predicted molar refractivity (Wildman–Crippen MR) is 98.6 cm³/mol. The number of rotatable bonds is 5. The molecule has 0 aliphatic carbocycles. The molecule has 0 spiro atoms. The molecule has 0 radical (unpaired) electrons. The summed E-state index contributed by atoms with van der Waals surface area (Å²) >= 11 is 0. The van der Waals surface area contributed by atoms with Crippen LogP contribution in [0, 0.1) is 5.41 Å². The predicted octanol–water partition coefficient (Wildman–Crippen LogP) is 0.654. The third kappa shape index (κ3) is 4.70. The first-order chi connectivity index (χ1) is 11.8. The maximum absolute atomic E-state index is 11.9. The summed E-state index contributed by atoms with van der Waals surface area (Å²) in [5.41, 5.74) is -0.510. The van der Waals surface area contributed by atoms with Crippen molar-refractivity contribution in [3.8, 4) is 0 Å². The van der Waals surface area contributed by atoms with Gasteiger partial charge in [-0.2, -0.15) is 5.10 Å². The average Bonchev–Trinajstić information content (AvgIpc) is 3.01. The quantitative estimate of drug-likeness (QED) is 0.536. The normalized spacial score (nSPS) is 18.0. The molecule has 1 amide bonds. The number of amides is 1. The maximum atomic E-state index is 11.9. The van der Waals surface area contributed by atoms with Gasteiger partial charge in [0.1, 0.15) is 5.82 Å². The molecule has 2 heterocycles. The lowest BCUT2D eigenvalue weighted by atomic mass is 9.92. The molecule has 2 rings (SSSR count). The van der Waals surface area contributed by atoms with Gasteiger partial charge in [0.05, 0.1) is 12.0 Å². The molecular weight excluding hydrogens is 318 g/mol. The Bertz CT molecular complexity index is 633. The minimum atomic E-state index is -0.510. The van der Waals surface area contributed by atoms with Crippen LogP contribution in [0.1, 0.15) is 51.7 Å². The summed E-state index contributed by atoms with van der Waals surface area (Å²) in [7, 11) is 3.39. The van der Waals surface area contributed by atoms with Crippen LogP contribution in [0.15, 0.2) is 4.99 Å². The summed E-state index contributed by atoms with van der Waals surface area (Å²) in [6.45, 7) is 9.30. The van der Waals surface area contributed by atoms with Gasteiger partial charge in [0, 0.05) is 39.0 Å². The number of nitrogens with zero attached hydrogens (tertiary/aromatic N) is 4. The van der Waals surface area contributed by atoms with E-state index in [1.54, 1.807) is 14.1 Å². The fraction of sp³-hybridized carbons (Fsp3) is 0.765. The summed E-state index contributed by atoms with van der Waals surface area (Å²) < 4.78 is 2.00. The van der Waals surface area contributed by atoms with Crippen LogP contribution in [-0.2, 0) is 17.8 Å². The zero-order valence-corrected chi connectivity index (χ0v) is 16.2. The van der Waals surface area contributed by atoms with Crippen molar-refractivity contribution in [1.29, 1.82) is 0 Å². The van der Waals surface area contributed by atoms with Gasteiger partial charge in [0.15, 0.2) is 11.8 Å². The van der Waals surface area contributed by atoms with Crippen LogP contribution in [-0.4, -0.2) is 53.3 Å². The van der Waals surface area contributed by atoms with Crippen LogP contribution in [0.4, 0.5) is 0 Å². The SMILES string of the molecule is CN=C(NCC(C)(C)C(=O)NC)NC1CCc2nc(C(C)C)nn2C1. The zero-order chi connectivity index (χ0) is 18.6. The van der Waals surface area contributed by atoms with Crippen LogP contribution in [0.25, 0.3) is 0 Å². The van der Waals surface area contributed by atoms with E-state index < -0.39 is 5.41 Å². The second kappa shape index (κ2) is 7.84. The molecule has 8 nitrogen and oxygen atoms in total. The molecule has 25 heavy (non-hydrogen) atoms. The van der Waals surface area contributed by atoms with Crippen LogP contribution >= 0.6 is 0 Å². The van der Waals surface area contributed by atoms with Crippen molar-refractivity contribution in [2.24, 2.45) is 10.4 Å². The fourth-order valence-electron chi connectivity index (χ4n) is 2.80. The van der Waals surface area contributed by atoms with E-state index in [1.807, 2.05) is 18.5 Å². The van der Waals surface area contributed by atoms with Gasteiger partial charge in [0.25, 0.3) is 0 Å². The van der Waals surface area contributed by atoms with Crippen LogP contribution in [0.5, 0.6) is 0 Å². The van der Waals surface area contributed by atoms with Crippen molar-refractivity contribution in [2.75, 3.05) is 20.6 Å². The largest absolute Gasteiger partial charge is 0.359 e. The summed E-state index contributed by atoms with van der Waals surface area (Å²) in [6, 6.07) is 0.239. The standard InChI is InChI=1S/C17H31N7O/c1-11(2)14-22-13-8-7-12(9-24(13)23-14)21-16(19-6)20-10-17(3,4)15(25)18-5/h11-12H,7-10H2,1-6H3,(H,18,25)(H2,19,20,21). The van der Waals surface area contributed by atoms with Crippen molar-refractivity contribution in [2.45, 2.75) is 59.0 Å². The second-order valence-corrected chi connectivity index (χ2v) is 7.49. The van der Waals surface area contributed by atoms with Crippen molar-refractivity contribution < 1.29 is 4.79 Å². The molecule has 1 atom stereocenters. The monoisotopic (exact) mass is 349 g/mol. The van der Waals surface area contributed by atoms with Gasteiger partial charge in [-0.3, -0.25) is 9.79 Å². The molecule has 1 aliphatic rings. The average molecular weight is 349 g/mol. The van der Waals surface area contributed by atoms with E-state index in [9.17, 15) is 4.79 Å². The number of aromatic nitrogens is 3. The molecule has 0 saturated heterocycles. The summed E-state index contributed by atoms with van der Waals surface area (Å²) in [4.78, 5) is 20.8. The minimum absolute atomic E-state index is 0.00147. The number of aliphatic imine (C=N–C) groups is 1. The summed E-state index contributed by atoms with van der Waals surface area (Å²) in [5.74, 6) is 3.01. The van der Waals surface area contributed by atoms with Gasteiger partial charge >= 0.3 is 0 Å². The number of hydrogen-bond donors (Lipinski definition) is 3. The van der Waals surface area contributed by atoms with E-state index >= 15 is 0 Å². The molecule has 1 aliphatic heterocycles. The fourth-order valence-corrected chi connectivity index (χ4v) is 2.80. The topological polar surface area (TPSA) is 96.2 Å². The van der Waals surface area contributed by atoms with Crippen molar-refractivity contribution in [1.82, 2.24) is 30.7 Å². The van der Waals surface area contributed by atoms with Gasteiger partial charge in [0.2, 0.25) is 5.91 Å². The smallest absolute Gasteiger partial charge is 0.227 e. The first-order valence-electron chi connectivity index (χ1n) is 8.89. The number of carbonyl (C=O) groups excluding carboxylic acids is 1. The van der Waals surface area contributed by atoms with Crippen molar-refractivity contribution in [3.63, 3.8) is 0 Å². The van der Waals surface area contributed by atoms with Gasteiger partial charge in [-0.1, -0.05) is 13.8 Å². The number of carbonyl (C=O) groups is 1. The molecule has 140 valence electrons. The molecule has 0 bridgehead atoms. The molecule has 0 saturated carbocycles. The van der Waals surface area contributed by atoms with Gasteiger partial charge in [-0.25, -0.2) is 9.67 Å². The first kappa shape index (κ1) is 19.2. The number of guanidine groups is 1. The van der Waals surface area contributed by atoms with E-state index in [1.165, 1.54) is 0 Å². The molecule has 1 aromatic rings. The van der Waals surface area contributed by atoms with Crippen molar-refractivity contribution in [3.05, 3.63) is 11.6 Å². The molecule has 3 N–H and O–H groups in total. The highest BCUT2D eigenvalue weighted by Gasteiger charge is 2.27. The third-order valence-electron chi connectivity index (χ3n) is 4.49. The summed E-state index contributed by atoms with van der Waals surface area (Å²) in [5, 5.41) is 14.0. The van der Waals surface area contributed by atoms with E-state index in [4.69, 9.17) is 0 Å². The Kier molecular flexibility index (Phi) is 6.02. The lowest BCUT2D eigenvalue weighted by Gasteiger charge is -2.28.